The van der Waals surface area contributed by atoms with Crippen molar-refractivity contribution in [2.45, 2.75) is 80.1 Å². The van der Waals surface area contributed by atoms with E-state index in [2.05, 4.69) is 156 Å². The summed E-state index contributed by atoms with van der Waals surface area (Å²) >= 11 is 0. The van der Waals surface area contributed by atoms with Gasteiger partial charge in [0, 0.05) is 28.8 Å². The van der Waals surface area contributed by atoms with Crippen molar-refractivity contribution in [3.8, 4) is 34.1 Å². The molecule has 256 valence electrons. The summed E-state index contributed by atoms with van der Waals surface area (Å²) < 4.78 is 11.0. The van der Waals surface area contributed by atoms with E-state index in [0.717, 1.165) is 51.0 Å². The number of hydrogen-bond donors (Lipinski definition) is 0. The second-order valence-corrected chi connectivity index (χ2v) is 14.5. The van der Waals surface area contributed by atoms with Gasteiger partial charge in [0.2, 0.25) is 0 Å². The predicted octanol–water partition coefficient (Wildman–Crippen LogP) is 11.3. The molecule has 3 heterocycles. The second-order valence-electron chi connectivity index (χ2n) is 14.5. The van der Waals surface area contributed by atoms with Crippen molar-refractivity contribution >= 4 is 21.8 Å². The monoisotopic (exact) mass is 750 g/mol. The third-order valence-corrected chi connectivity index (χ3v) is 9.52. The summed E-state index contributed by atoms with van der Waals surface area (Å²) in [5, 5.41) is 7.43. The Bertz CT molecular complexity index is 2330. The van der Waals surface area contributed by atoms with Gasteiger partial charge in [-0.15, -0.1) is 41.3 Å². The van der Waals surface area contributed by atoms with Crippen LogP contribution in [0.4, 0.5) is 0 Å². The van der Waals surface area contributed by atoms with Crippen molar-refractivity contribution < 1.29 is 25.2 Å². The summed E-state index contributed by atoms with van der Waals surface area (Å²) in [6.07, 6.45) is 2.82. The smallest absolute Gasteiger partial charge is 0.509 e. The van der Waals surface area contributed by atoms with Gasteiger partial charge in [0.15, 0.2) is 0 Å². The first-order valence-corrected chi connectivity index (χ1v) is 17.3. The molecule has 0 amide bonds. The van der Waals surface area contributed by atoms with E-state index in [1.165, 1.54) is 33.5 Å². The van der Waals surface area contributed by atoms with Crippen molar-refractivity contribution in [1.82, 2.24) is 19.3 Å². The molecule has 50 heavy (non-hydrogen) atoms. The van der Waals surface area contributed by atoms with Crippen LogP contribution in [-0.2, 0) is 32.3 Å². The molecule has 0 unspecified atom stereocenters. The van der Waals surface area contributed by atoms with Crippen LogP contribution >= 0.6 is 0 Å². The van der Waals surface area contributed by atoms with E-state index >= 15 is 0 Å². The van der Waals surface area contributed by atoms with Gasteiger partial charge in [-0.3, -0.25) is 4.68 Å². The van der Waals surface area contributed by atoms with Crippen LogP contribution < -0.4 is 4.74 Å². The zero-order valence-electron chi connectivity index (χ0n) is 30.4. The molecule has 0 spiro atoms. The van der Waals surface area contributed by atoms with Crippen LogP contribution in [0.25, 0.3) is 44.4 Å². The SMILES string of the molecule is CCc1ccnc(-n2c3[c-]c(Oc4[c-]c(-n5nc(C)c(-c6c(C)cccc6C)c5C(C)C)cc(C(C)(C)C)c4)ccc3c3ccccc32)c1.[Pd+2]. The van der Waals surface area contributed by atoms with Crippen molar-refractivity contribution in [2.75, 3.05) is 0 Å². The summed E-state index contributed by atoms with van der Waals surface area (Å²) in [5.74, 6) is 2.35. The van der Waals surface area contributed by atoms with Gasteiger partial charge >= 0.3 is 20.4 Å². The Labute approximate surface area is 310 Å². The Morgan fingerprint density at radius 1 is 0.800 bits per heavy atom. The molecule has 0 radical (unpaired) electrons. The number of rotatable bonds is 7. The molecule has 0 aliphatic heterocycles. The maximum absolute atomic E-state index is 6.69. The Morgan fingerprint density at radius 3 is 2.24 bits per heavy atom. The molecule has 6 heteroatoms. The van der Waals surface area contributed by atoms with Gasteiger partial charge in [-0.2, -0.15) is 11.2 Å². The summed E-state index contributed by atoms with van der Waals surface area (Å²) in [5.41, 5.74) is 12.3. The van der Waals surface area contributed by atoms with Crippen LogP contribution in [-0.4, -0.2) is 19.3 Å². The van der Waals surface area contributed by atoms with E-state index in [4.69, 9.17) is 14.8 Å². The van der Waals surface area contributed by atoms with Crippen LogP contribution in [0.1, 0.15) is 81.1 Å². The maximum atomic E-state index is 6.69. The van der Waals surface area contributed by atoms with E-state index < -0.39 is 0 Å². The number of pyridine rings is 1. The fourth-order valence-electron chi connectivity index (χ4n) is 7.00. The number of para-hydroxylation sites is 1. The van der Waals surface area contributed by atoms with Gasteiger partial charge in [-0.1, -0.05) is 83.5 Å². The number of aromatic nitrogens is 4. The third-order valence-electron chi connectivity index (χ3n) is 9.52. The van der Waals surface area contributed by atoms with Gasteiger partial charge in [-0.05, 0) is 90.1 Å². The molecule has 4 aromatic carbocycles. The molecule has 0 fully saturated rings. The number of hydrogen-bond acceptors (Lipinski definition) is 3. The molecule has 0 saturated carbocycles. The molecule has 0 saturated heterocycles. The first kappa shape index (κ1) is 35.3. The molecule has 7 aromatic rings. The van der Waals surface area contributed by atoms with Crippen LogP contribution in [0.5, 0.6) is 11.5 Å². The van der Waals surface area contributed by atoms with Crippen molar-refractivity contribution in [3.63, 3.8) is 0 Å². The zero-order valence-corrected chi connectivity index (χ0v) is 31.9. The Hall–Kier alpha value is -4.50. The summed E-state index contributed by atoms with van der Waals surface area (Å²) in [7, 11) is 0. The number of ether oxygens (including phenoxy) is 1. The molecule has 0 aliphatic rings. The average molecular weight is 751 g/mol. The molecular weight excluding hydrogens is 707 g/mol. The quantitative estimate of drug-likeness (QED) is 0.120. The second kappa shape index (κ2) is 13.7. The van der Waals surface area contributed by atoms with E-state index in [9.17, 15) is 0 Å². The summed E-state index contributed by atoms with van der Waals surface area (Å²) in [6, 6.07) is 34.8. The fraction of sp³-hybridized carbons (Fsp3) is 0.273. The standard InChI is InChI=1S/C44H44N4O.Pd/c1-10-31-20-21-45-40(22-31)47-38-17-12-11-16-36(38)37-19-18-34(26-39(37)47)49-35-24-32(44(7,8)9)23-33(25-35)48-43(27(2)3)42(30(6)46-48)41-28(4)14-13-15-29(41)5;/h11-24,27H,10H2,1-9H3;/q-2;+2. The number of benzene rings is 4. The van der Waals surface area contributed by atoms with Crippen LogP contribution in [0.15, 0.2) is 85.1 Å². The molecule has 7 rings (SSSR count). The molecule has 0 N–H and O–H groups in total. The fourth-order valence-corrected chi connectivity index (χ4v) is 7.00. The molecule has 0 atom stereocenters. The molecule has 5 nitrogen and oxygen atoms in total. The first-order chi connectivity index (χ1) is 23.4. The van der Waals surface area contributed by atoms with E-state index in [1.807, 2.05) is 12.3 Å². The Balaban J connectivity index is 0.00000432. The number of aryl methyl sites for hydroxylation is 4. The first-order valence-electron chi connectivity index (χ1n) is 17.3. The third kappa shape index (κ3) is 6.32. The normalized spacial score (nSPS) is 11.8. The van der Waals surface area contributed by atoms with E-state index in [1.54, 1.807) is 0 Å². The van der Waals surface area contributed by atoms with Gasteiger partial charge in [0.1, 0.15) is 5.82 Å². The van der Waals surface area contributed by atoms with Gasteiger partial charge in [0.25, 0.3) is 0 Å². The van der Waals surface area contributed by atoms with Crippen molar-refractivity contribution in [2.24, 2.45) is 0 Å². The molecule has 0 bridgehead atoms. The topological polar surface area (TPSA) is 44.9 Å². The number of nitrogens with zero attached hydrogens (tertiary/aromatic N) is 4. The van der Waals surface area contributed by atoms with Crippen LogP contribution in [0.3, 0.4) is 0 Å². The summed E-state index contributed by atoms with van der Waals surface area (Å²) in [4.78, 5) is 4.78. The van der Waals surface area contributed by atoms with E-state index in [-0.39, 0.29) is 31.8 Å². The maximum Gasteiger partial charge on any atom is 2.00 e. The van der Waals surface area contributed by atoms with Crippen molar-refractivity contribution in [1.29, 1.82) is 0 Å². The Morgan fingerprint density at radius 2 is 1.54 bits per heavy atom. The van der Waals surface area contributed by atoms with Crippen LogP contribution in [0, 0.1) is 32.9 Å². The minimum Gasteiger partial charge on any atom is -0.509 e. The minimum absolute atomic E-state index is 0. The summed E-state index contributed by atoms with van der Waals surface area (Å²) in [6.45, 7) is 19.8. The largest absolute Gasteiger partial charge is 2.00 e. The van der Waals surface area contributed by atoms with Gasteiger partial charge in [-0.25, -0.2) is 4.98 Å². The molecular formula is C44H44N4OPd. The Kier molecular flexibility index (Phi) is 9.66. The average Bonchev–Trinajstić information content (AvgIpc) is 3.59. The predicted molar refractivity (Wildman–Crippen MR) is 202 cm³/mol. The minimum atomic E-state index is -0.131. The zero-order chi connectivity index (χ0) is 34.6. The van der Waals surface area contributed by atoms with Gasteiger partial charge < -0.3 is 9.30 Å². The molecule has 0 aliphatic carbocycles. The van der Waals surface area contributed by atoms with Gasteiger partial charge in [0.05, 0.1) is 11.4 Å². The van der Waals surface area contributed by atoms with Crippen molar-refractivity contribution in [3.05, 3.63) is 131 Å². The van der Waals surface area contributed by atoms with E-state index in [0.29, 0.717) is 11.5 Å². The van der Waals surface area contributed by atoms with Crippen LogP contribution in [0.2, 0.25) is 0 Å². The number of fused-ring (bicyclic) bond motifs is 3. The molecule has 3 aromatic heterocycles.